The van der Waals surface area contributed by atoms with Crippen molar-refractivity contribution in [1.29, 1.82) is 0 Å². The van der Waals surface area contributed by atoms with Crippen molar-refractivity contribution in [3.63, 3.8) is 0 Å². The number of likely N-dealkylation sites (N-methyl/N-ethyl adjacent to an activating group) is 1. The smallest absolute Gasteiger partial charge is 0.129 e. The molecular formula is C23H23ClN6. The van der Waals surface area contributed by atoms with E-state index in [1.54, 1.807) is 0 Å². The van der Waals surface area contributed by atoms with Gasteiger partial charge in [0.25, 0.3) is 0 Å². The molecular weight excluding hydrogens is 396 g/mol. The molecule has 0 amide bonds. The van der Waals surface area contributed by atoms with Gasteiger partial charge < -0.3 is 15.2 Å². The van der Waals surface area contributed by atoms with E-state index >= 15 is 0 Å². The van der Waals surface area contributed by atoms with Crippen LogP contribution in [0.1, 0.15) is 11.5 Å². The largest absolute Gasteiger partial charge is 0.383 e. The first-order valence-electron chi connectivity index (χ1n) is 9.87. The average Bonchev–Trinajstić information content (AvgIpc) is 3.27. The van der Waals surface area contributed by atoms with E-state index in [2.05, 4.69) is 39.8 Å². The summed E-state index contributed by atoms with van der Waals surface area (Å²) in [6.45, 7) is 2.69. The quantitative estimate of drug-likeness (QED) is 0.705. The van der Waals surface area contributed by atoms with Crippen LogP contribution in [-0.4, -0.2) is 37.3 Å². The fraction of sp³-hybridized carbons (Fsp3) is 0.217. The SMILES string of the molecule is Cc1nc2c(n1Cc1cc(-c3ccc(Cl)cc3)nn1C)=C1C=CC=CC1N(C)C=2N. The molecule has 0 saturated heterocycles. The number of hydrogen-bond acceptors (Lipinski definition) is 4. The lowest BCUT2D eigenvalue weighted by Crippen LogP contribution is -2.50. The Morgan fingerprint density at radius 3 is 2.67 bits per heavy atom. The normalized spacial score (nSPS) is 17.5. The van der Waals surface area contributed by atoms with Crippen LogP contribution in [-0.2, 0) is 13.6 Å². The first kappa shape index (κ1) is 18.8. The van der Waals surface area contributed by atoms with Gasteiger partial charge in [0.2, 0.25) is 0 Å². The van der Waals surface area contributed by atoms with E-state index in [9.17, 15) is 0 Å². The van der Waals surface area contributed by atoms with Crippen LogP contribution in [0.4, 0.5) is 0 Å². The summed E-state index contributed by atoms with van der Waals surface area (Å²) in [6.07, 6.45) is 8.46. The molecule has 2 aliphatic rings. The van der Waals surface area contributed by atoms with Crippen molar-refractivity contribution >= 4 is 23.0 Å². The van der Waals surface area contributed by atoms with E-state index in [-0.39, 0.29) is 6.04 Å². The number of halogens is 1. The number of aromatic nitrogens is 4. The predicted octanol–water partition coefficient (Wildman–Crippen LogP) is 1.91. The predicted molar refractivity (Wildman–Crippen MR) is 120 cm³/mol. The highest BCUT2D eigenvalue weighted by Crippen LogP contribution is 2.23. The summed E-state index contributed by atoms with van der Waals surface area (Å²) in [5.74, 6) is 1.63. The Morgan fingerprint density at radius 1 is 1.13 bits per heavy atom. The molecule has 0 bridgehead atoms. The van der Waals surface area contributed by atoms with Crippen molar-refractivity contribution in [2.24, 2.45) is 12.8 Å². The molecule has 3 aromatic rings. The second kappa shape index (κ2) is 6.92. The van der Waals surface area contributed by atoms with Crippen molar-refractivity contribution in [3.05, 3.63) is 81.9 Å². The minimum absolute atomic E-state index is 0.119. The lowest BCUT2D eigenvalue weighted by atomic mass is 9.98. The van der Waals surface area contributed by atoms with Crippen molar-refractivity contribution in [2.75, 3.05) is 7.05 Å². The Bertz CT molecular complexity index is 1320. The number of nitrogens with zero attached hydrogens (tertiary/aromatic N) is 5. The van der Waals surface area contributed by atoms with Gasteiger partial charge in [-0.25, -0.2) is 4.98 Å². The molecule has 5 rings (SSSR count). The first-order chi connectivity index (χ1) is 14.4. The number of hydrogen-bond donors (Lipinski definition) is 1. The monoisotopic (exact) mass is 418 g/mol. The van der Waals surface area contributed by atoms with Crippen molar-refractivity contribution in [3.8, 4) is 11.3 Å². The number of nitrogens with two attached hydrogens (primary N) is 1. The Morgan fingerprint density at radius 2 is 1.90 bits per heavy atom. The Hall–Kier alpha value is -3.25. The van der Waals surface area contributed by atoms with Gasteiger partial charge in [0.05, 0.1) is 29.3 Å². The zero-order valence-electron chi connectivity index (χ0n) is 17.2. The molecule has 7 heteroatoms. The number of fused-ring (bicyclic) bond motifs is 2. The van der Waals surface area contributed by atoms with Gasteiger partial charge in [0, 0.05) is 30.3 Å². The topological polar surface area (TPSA) is 64.9 Å². The number of aryl methyl sites for hydroxylation is 2. The summed E-state index contributed by atoms with van der Waals surface area (Å²) in [5, 5.41) is 7.36. The fourth-order valence-corrected chi connectivity index (χ4v) is 4.34. The van der Waals surface area contributed by atoms with Crippen LogP contribution in [0, 0.1) is 6.92 Å². The van der Waals surface area contributed by atoms with Crippen molar-refractivity contribution < 1.29 is 0 Å². The van der Waals surface area contributed by atoms with Crippen LogP contribution in [0.3, 0.4) is 0 Å². The van der Waals surface area contributed by atoms with E-state index in [1.165, 1.54) is 5.57 Å². The van der Waals surface area contributed by atoms with Gasteiger partial charge in [0.15, 0.2) is 0 Å². The maximum absolute atomic E-state index is 6.46. The van der Waals surface area contributed by atoms with Crippen LogP contribution < -0.4 is 16.4 Å². The highest BCUT2D eigenvalue weighted by molar-refractivity contribution is 6.30. The summed E-state index contributed by atoms with van der Waals surface area (Å²) < 4.78 is 4.17. The standard InChI is InChI=1S/C23H23ClN6/c1-14-26-21-22(18-6-4-5-7-20(18)28(2)23(21)25)30(14)13-17-12-19(27-29(17)3)15-8-10-16(24)11-9-15/h4-12,20H,13,25H2,1-3H3. The molecule has 0 saturated carbocycles. The van der Waals surface area contributed by atoms with Gasteiger partial charge in [-0.2, -0.15) is 5.10 Å². The Labute approximate surface area is 179 Å². The number of rotatable bonds is 3. The summed E-state index contributed by atoms with van der Waals surface area (Å²) in [7, 11) is 3.99. The van der Waals surface area contributed by atoms with Crippen LogP contribution in [0.15, 0.2) is 54.6 Å². The van der Waals surface area contributed by atoms with Crippen LogP contribution >= 0.6 is 11.6 Å². The molecule has 1 aliphatic carbocycles. The van der Waals surface area contributed by atoms with Gasteiger partial charge >= 0.3 is 0 Å². The Balaban J connectivity index is 1.64. The molecule has 1 aliphatic heterocycles. The minimum atomic E-state index is 0.119. The second-order valence-corrected chi connectivity index (χ2v) is 8.17. The van der Waals surface area contributed by atoms with Crippen molar-refractivity contribution in [1.82, 2.24) is 24.2 Å². The maximum Gasteiger partial charge on any atom is 0.129 e. The van der Waals surface area contributed by atoms with Crippen LogP contribution in [0.5, 0.6) is 0 Å². The Kier molecular flexibility index (Phi) is 4.33. The third-order valence-electron chi connectivity index (χ3n) is 5.91. The van der Waals surface area contributed by atoms with E-state index in [0.29, 0.717) is 12.4 Å². The number of benzene rings is 1. The van der Waals surface area contributed by atoms with Gasteiger partial charge in [-0.1, -0.05) is 48.0 Å². The molecule has 3 heterocycles. The summed E-state index contributed by atoms with van der Waals surface area (Å²) >= 11 is 6.03. The van der Waals surface area contributed by atoms with Crippen molar-refractivity contribution in [2.45, 2.75) is 19.5 Å². The van der Waals surface area contributed by atoms with Gasteiger partial charge in [-0.15, -0.1) is 0 Å². The highest BCUT2D eigenvalue weighted by Gasteiger charge is 2.27. The third kappa shape index (κ3) is 2.87. The van der Waals surface area contributed by atoms with Gasteiger partial charge in [0.1, 0.15) is 17.0 Å². The molecule has 6 nitrogen and oxygen atoms in total. The molecule has 30 heavy (non-hydrogen) atoms. The summed E-state index contributed by atoms with van der Waals surface area (Å²) in [4.78, 5) is 6.89. The molecule has 0 spiro atoms. The molecule has 2 aromatic heterocycles. The average molecular weight is 419 g/mol. The zero-order chi connectivity index (χ0) is 21.0. The van der Waals surface area contributed by atoms with E-state index < -0.39 is 0 Å². The molecule has 1 atom stereocenters. The molecule has 0 radical (unpaired) electrons. The van der Waals surface area contributed by atoms with E-state index in [1.807, 2.05) is 50.0 Å². The fourth-order valence-electron chi connectivity index (χ4n) is 4.21. The highest BCUT2D eigenvalue weighted by atomic mass is 35.5. The van der Waals surface area contributed by atoms with E-state index in [4.69, 9.17) is 27.4 Å². The summed E-state index contributed by atoms with van der Waals surface area (Å²) in [5.41, 5.74) is 10.7. The summed E-state index contributed by atoms with van der Waals surface area (Å²) in [6, 6.07) is 9.99. The van der Waals surface area contributed by atoms with Gasteiger partial charge in [-0.05, 0) is 25.1 Å². The molecule has 152 valence electrons. The molecule has 1 unspecified atom stereocenters. The third-order valence-corrected chi connectivity index (χ3v) is 6.16. The number of imidazole rings is 1. The number of allylic oxidation sites excluding steroid dienone is 2. The molecule has 1 aromatic carbocycles. The minimum Gasteiger partial charge on any atom is -0.383 e. The van der Waals surface area contributed by atoms with Crippen LogP contribution in [0.25, 0.3) is 22.7 Å². The zero-order valence-corrected chi connectivity index (χ0v) is 17.9. The molecule has 0 fully saturated rings. The maximum atomic E-state index is 6.46. The molecule has 2 N–H and O–H groups in total. The van der Waals surface area contributed by atoms with Gasteiger partial charge in [-0.3, -0.25) is 4.68 Å². The van der Waals surface area contributed by atoms with E-state index in [0.717, 1.165) is 38.5 Å². The van der Waals surface area contributed by atoms with Crippen LogP contribution in [0.2, 0.25) is 5.02 Å². The lowest BCUT2D eigenvalue weighted by molar-refractivity contribution is 0.449. The first-order valence-corrected chi connectivity index (χ1v) is 10.3. The second-order valence-electron chi connectivity index (χ2n) is 7.73. The lowest BCUT2D eigenvalue weighted by Gasteiger charge is -2.32.